The van der Waals surface area contributed by atoms with Crippen molar-refractivity contribution in [3.63, 3.8) is 0 Å². The molecule has 0 spiro atoms. The van der Waals surface area contributed by atoms with Gasteiger partial charge in [0.1, 0.15) is 18.2 Å². The van der Waals surface area contributed by atoms with Crippen molar-refractivity contribution in [2.24, 2.45) is 5.73 Å². The topological polar surface area (TPSA) is 44.5 Å². The SMILES string of the molecule is COCCOc1ccccc1C(N)c1ccc(F)cc1I. The average Bonchev–Trinajstić information content (AvgIpc) is 2.47. The van der Waals surface area contributed by atoms with Crippen LogP contribution in [0.1, 0.15) is 17.2 Å². The van der Waals surface area contributed by atoms with E-state index in [-0.39, 0.29) is 11.9 Å². The van der Waals surface area contributed by atoms with Crippen LogP contribution in [0.15, 0.2) is 42.5 Å². The minimum atomic E-state index is -0.365. The third-order valence-electron chi connectivity index (χ3n) is 3.10. The number of ether oxygens (including phenoxy) is 2. The highest BCUT2D eigenvalue weighted by atomic mass is 127. The Morgan fingerprint density at radius 1 is 1.14 bits per heavy atom. The molecular weight excluding hydrogens is 384 g/mol. The Hall–Kier alpha value is -1.18. The predicted molar refractivity (Wildman–Crippen MR) is 89.0 cm³/mol. The first kappa shape index (κ1) is 16.2. The van der Waals surface area contributed by atoms with Gasteiger partial charge in [0.25, 0.3) is 0 Å². The summed E-state index contributed by atoms with van der Waals surface area (Å²) in [5.74, 6) is 0.460. The van der Waals surface area contributed by atoms with Crippen molar-refractivity contribution >= 4 is 22.6 Å². The maximum Gasteiger partial charge on any atom is 0.124 e. The van der Waals surface area contributed by atoms with E-state index in [0.717, 1.165) is 20.4 Å². The van der Waals surface area contributed by atoms with Crippen molar-refractivity contribution in [2.45, 2.75) is 6.04 Å². The van der Waals surface area contributed by atoms with Crippen LogP contribution >= 0.6 is 22.6 Å². The van der Waals surface area contributed by atoms with Gasteiger partial charge in [-0.2, -0.15) is 0 Å². The summed E-state index contributed by atoms with van der Waals surface area (Å²) in [4.78, 5) is 0. The Balaban J connectivity index is 2.27. The molecule has 0 bridgehead atoms. The van der Waals surface area contributed by atoms with E-state index >= 15 is 0 Å². The summed E-state index contributed by atoms with van der Waals surface area (Å²) in [5.41, 5.74) is 8.08. The summed E-state index contributed by atoms with van der Waals surface area (Å²) in [6.45, 7) is 0.971. The minimum Gasteiger partial charge on any atom is -0.491 e. The summed E-state index contributed by atoms with van der Waals surface area (Å²) in [6, 6.07) is 11.9. The Kier molecular flexibility index (Phi) is 5.96. The third-order valence-corrected chi connectivity index (χ3v) is 4.03. The Morgan fingerprint density at radius 2 is 1.90 bits per heavy atom. The first-order valence-electron chi connectivity index (χ1n) is 6.54. The largest absolute Gasteiger partial charge is 0.491 e. The molecule has 112 valence electrons. The number of rotatable bonds is 6. The lowest BCUT2D eigenvalue weighted by Gasteiger charge is -2.18. The van der Waals surface area contributed by atoms with Gasteiger partial charge in [-0.3, -0.25) is 0 Å². The van der Waals surface area contributed by atoms with Gasteiger partial charge in [0.05, 0.1) is 12.6 Å². The molecule has 0 aromatic heterocycles. The van der Waals surface area contributed by atoms with Gasteiger partial charge in [0.2, 0.25) is 0 Å². The van der Waals surface area contributed by atoms with E-state index in [1.54, 1.807) is 13.2 Å². The monoisotopic (exact) mass is 401 g/mol. The van der Waals surface area contributed by atoms with Crippen LogP contribution in [-0.4, -0.2) is 20.3 Å². The van der Waals surface area contributed by atoms with Crippen LogP contribution in [0.2, 0.25) is 0 Å². The number of hydrogen-bond donors (Lipinski definition) is 1. The molecular formula is C16H17FINO2. The van der Waals surface area contributed by atoms with Crippen molar-refractivity contribution in [1.29, 1.82) is 0 Å². The second-order valence-electron chi connectivity index (χ2n) is 4.52. The van der Waals surface area contributed by atoms with Crippen LogP contribution in [0.25, 0.3) is 0 Å². The summed E-state index contributed by atoms with van der Waals surface area (Å²) in [7, 11) is 1.63. The summed E-state index contributed by atoms with van der Waals surface area (Å²) < 4.78 is 24.7. The van der Waals surface area contributed by atoms with E-state index in [9.17, 15) is 4.39 Å². The summed E-state index contributed by atoms with van der Waals surface area (Å²) in [6.07, 6.45) is 0. The minimum absolute atomic E-state index is 0.264. The van der Waals surface area contributed by atoms with Crippen LogP contribution in [0.3, 0.4) is 0 Å². The molecule has 2 aromatic carbocycles. The molecule has 0 saturated carbocycles. The molecule has 0 aliphatic heterocycles. The number of hydrogen-bond acceptors (Lipinski definition) is 3. The standard InChI is InChI=1S/C16H17FINO2/c1-20-8-9-21-15-5-3-2-4-13(15)16(19)12-7-6-11(17)10-14(12)18/h2-7,10,16H,8-9,19H2,1H3. The molecule has 21 heavy (non-hydrogen) atoms. The highest BCUT2D eigenvalue weighted by Crippen LogP contribution is 2.30. The molecule has 0 radical (unpaired) electrons. The van der Waals surface area contributed by atoms with Crippen LogP contribution in [-0.2, 0) is 4.74 Å². The molecule has 2 N–H and O–H groups in total. The first-order chi connectivity index (χ1) is 10.1. The molecule has 0 amide bonds. The number of nitrogens with two attached hydrogens (primary N) is 1. The molecule has 0 aliphatic rings. The fourth-order valence-corrected chi connectivity index (χ4v) is 2.84. The lowest BCUT2D eigenvalue weighted by atomic mass is 9.99. The molecule has 1 unspecified atom stereocenters. The van der Waals surface area contributed by atoms with E-state index in [0.29, 0.717) is 13.2 Å². The molecule has 2 rings (SSSR count). The van der Waals surface area contributed by atoms with Gasteiger partial charge in [-0.15, -0.1) is 0 Å². The zero-order valence-electron chi connectivity index (χ0n) is 11.7. The molecule has 0 fully saturated rings. The van der Waals surface area contributed by atoms with Gasteiger partial charge in [-0.25, -0.2) is 4.39 Å². The predicted octanol–water partition coefficient (Wildman–Crippen LogP) is 3.50. The zero-order valence-corrected chi connectivity index (χ0v) is 13.8. The second kappa shape index (κ2) is 7.72. The van der Waals surface area contributed by atoms with Crippen LogP contribution in [0.4, 0.5) is 4.39 Å². The Morgan fingerprint density at radius 3 is 2.62 bits per heavy atom. The molecule has 3 nitrogen and oxygen atoms in total. The van der Waals surface area contributed by atoms with Crippen LogP contribution < -0.4 is 10.5 Å². The van der Waals surface area contributed by atoms with E-state index in [1.165, 1.54) is 12.1 Å². The lowest BCUT2D eigenvalue weighted by Crippen LogP contribution is -2.16. The Labute approximate surface area is 137 Å². The van der Waals surface area contributed by atoms with Gasteiger partial charge in [0, 0.05) is 16.2 Å². The zero-order chi connectivity index (χ0) is 15.2. The fourth-order valence-electron chi connectivity index (χ4n) is 2.03. The van der Waals surface area contributed by atoms with Gasteiger partial charge >= 0.3 is 0 Å². The number of methoxy groups -OCH3 is 1. The molecule has 1 atom stereocenters. The van der Waals surface area contributed by atoms with Gasteiger partial charge < -0.3 is 15.2 Å². The maximum atomic E-state index is 13.2. The second-order valence-corrected chi connectivity index (χ2v) is 5.68. The normalized spacial score (nSPS) is 12.2. The number of halogens is 2. The maximum absolute atomic E-state index is 13.2. The number of para-hydroxylation sites is 1. The molecule has 0 heterocycles. The van der Waals surface area contributed by atoms with E-state index in [1.807, 2.05) is 24.3 Å². The van der Waals surface area contributed by atoms with Crippen molar-refractivity contribution in [2.75, 3.05) is 20.3 Å². The highest BCUT2D eigenvalue weighted by Gasteiger charge is 2.16. The average molecular weight is 401 g/mol. The smallest absolute Gasteiger partial charge is 0.124 e. The van der Waals surface area contributed by atoms with Gasteiger partial charge in [-0.05, 0) is 46.4 Å². The van der Waals surface area contributed by atoms with Crippen LogP contribution in [0, 0.1) is 9.39 Å². The fraction of sp³-hybridized carbons (Fsp3) is 0.250. The molecule has 2 aromatic rings. The molecule has 5 heteroatoms. The first-order valence-corrected chi connectivity index (χ1v) is 7.62. The Bertz CT molecular complexity index is 607. The van der Waals surface area contributed by atoms with E-state index < -0.39 is 0 Å². The number of benzene rings is 2. The third kappa shape index (κ3) is 4.15. The van der Waals surface area contributed by atoms with E-state index in [2.05, 4.69) is 22.6 Å². The van der Waals surface area contributed by atoms with E-state index in [4.69, 9.17) is 15.2 Å². The van der Waals surface area contributed by atoms with Crippen molar-refractivity contribution in [1.82, 2.24) is 0 Å². The van der Waals surface area contributed by atoms with Gasteiger partial charge in [0.15, 0.2) is 0 Å². The van der Waals surface area contributed by atoms with Crippen LogP contribution in [0.5, 0.6) is 5.75 Å². The summed E-state index contributed by atoms with van der Waals surface area (Å²) in [5, 5.41) is 0. The quantitative estimate of drug-likeness (QED) is 0.596. The molecule has 0 aliphatic carbocycles. The van der Waals surface area contributed by atoms with Gasteiger partial charge in [-0.1, -0.05) is 24.3 Å². The lowest BCUT2D eigenvalue weighted by molar-refractivity contribution is 0.145. The van der Waals surface area contributed by atoms with Crippen molar-refractivity contribution < 1.29 is 13.9 Å². The highest BCUT2D eigenvalue weighted by molar-refractivity contribution is 14.1. The molecule has 0 saturated heterocycles. The van der Waals surface area contributed by atoms with Crippen molar-refractivity contribution in [3.8, 4) is 5.75 Å². The van der Waals surface area contributed by atoms with Crippen molar-refractivity contribution in [3.05, 3.63) is 63.0 Å². The summed E-state index contributed by atoms with van der Waals surface area (Å²) >= 11 is 2.09.